The molecular formula is C11H17F3N4O. The van der Waals surface area contributed by atoms with Crippen LogP contribution in [-0.4, -0.2) is 34.4 Å². The summed E-state index contributed by atoms with van der Waals surface area (Å²) < 4.78 is 37.4. The Bertz CT molecular complexity index is 439. The van der Waals surface area contributed by atoms with Gasteiger partial charge in [0.05, 0.1) is 6.20 Å². The van der Waals surface area contributed by atoms with Gasteiger partial charge in [0.15, 0.2) is 5.54 Å². The molecule has 0 aliphatic heterocycles. The summed E-state index contributed by atoms with van der Waals surface area (Å²) in [4.78, 5) is 11.4. The van der Waals surface area contributed by atoms with Crippen LogP contribution in [-0.2, 0) is 11.2 Å². The molecule has 0 aliphatic carbocycles. The van der Waals surface area contributed by atoms with Crippen LogP contribution >= 0.6 is 0 Å². The van der Waals surface area contributed by atoms with Crippen molar-refractivity contribution >= 4 is 5.91 Å². The first-order chi connectivity index (χ1) is 8.66. The molecule has 108 valence electrons. The zero-order valence-electron chi connectivity index (χ0n) is 10.8. The van der Waals surface area contributed by atoms with Crippen LogP contribution in [0, 0.1) is 6.92 Å². The van der Waals surface area contributed by atoms with E-state index in [9.17, 15) is 18.0 Å². The summed E-state index contributed by atoms with van der Waals surface area (Å²) in [6.45, 7) is 2.64. The quantitative estimate of drug-likeness (QED) is 0.704. The second-order valence-corrected chi connectivity index (χ2v) is 4.58. The molecule has 1 aromatic heterocycles. The summed E-state index contributed by atoms with van der Waals surface area (Å²) >= 11 is 0. The number of aromatic nitrogens is 2. The predicted octanol–water partition coefficient (Wildman–Crippen LogP) is 1.05. The van der Waals surface area contributed by atoms with Gasteiger partial charge in [0.25, 0.3) is 0 Å². The minimum Gasteiger partial charge on any atom is -0.354 e. The molecule has 1 amide bonds. The first kappa shape index (κ1) is 15.5. The lowest BCUT2D eigenvalue weighted by atomic mass is 10.0. The predicted molar refractivity (Wildman–Crippen MR) is 63.3 cm³/mol. The van der Waals surface area contributed by atoms with Gasteiger partial charge >= 0.3 is 6.18 Å². The normalized spacial score (nSPS) is 15.1. The molecule has 1 atom stereocenters. The molecular weight excluding hydrogens is 261 g/mol. The van der Waals surface area contributed by atoms with Crippen LogP contribution in [0.4, 0.5) is 13.2 Å². The SMILES string of the molecule is Cc1[nH]ncc1CCCNC(=O)C(C)(N)C(F)(F)F. The maximum atomic E-state index is 12.5. The van der Waals surface area contributed by atoms with Crippen molar-refractivity contribution < 1.29 is 18.0 Å². The van der Waals surface area contributed by atoms with Crippen molar-refractivity contribution in [2.45, 2.75) is 38.4 Å². The lowest BCUT2D eigenvalue weighted by molar-refractivity contribution is -0.187. The Labute approximate surface area is 108 Å². The molecule has 4 N–H and O–H groups in total. The van der Waals surface area contributed by atoms with Crippen molar-refractivity contribution in [3.8, 4) is 0 Å². The van der Waals surface area contributed by atoms with Crippen molar-refractivity contribution in [1.82, 2.24) is 15.5 Å². The van der Waals surface area contributed by atoms with Crippen molar-refractivity contribution in [2.24, 2.45) is 5.73 Å². The number of alkyl halides is 3. The van der Waals surface area contributed by atoms with Crippen LogP contribution in [0.25, 0.3) is 0 Å². The van der Waals surface area contributed by atoms with E-state index < -0.39 is 17.6 Å². The highest BCUT2D eigenvalue weighted by Crippen LogP contribution is 2.27. The van der Waals surface area contributed by atoms with Crippen LogP contribution < -0.4 is 11.1 Å². The second kappa shape index (κ2) is 5.60. The molecule has 5 nitrogen and oxygen atoms in total. The zero-order chi connectivity index (χ0) is 14.7. The number of hydrogen-bond acceptors (Lipinski definition) is 3. The Balaban J connectivity index is 2.38. The molecule has 0 aliphatic rings. The van der Waals surface area contributed by atoms with E-state index >= 15 is 0 Å². The third-order valence-corrected chi connectivity index (χ3v) is 2.90. The van der Waals surface area contributed by atoms with Gasteiger partial charge in [-0.2, -0.15) is 18.3 Å². The highest BCUT2D eigenvalue weighted by atomic mass is 19.4. The second-order valence-electron chi connectivity index (χ2n) is 4.58. The Morgan fingerprint density at radius 2 is 2.16 bits per heavy atom. The van der Waals surface area contributed by atoms with E-state index in [0.717, 1.165) is 11.3 Å². The fraction of sp³-hybridized carbons (Fsp3) is 0.636. The molecule has 0 fully saturated rings. The number of hydrogen-bond donors (Lipinski definition) is 3. The van der Waals surface area contributed by atoms with E-state index in [0.29, 0.717) is 19.8 Å². The van der Waals surface area contributed by atoms with E-state index in [-0.39, 0.29) is 6.54 Å². The van der Waals surface area contributed by atoms with Gasteiger partial charge in [0.2, 0.25) is 5.91 Å². The summed E-state index contributed by atoms with van der Waals surface area (Å²) in [5, 5.41) is 8.78. The van der Waals surface area contributed by atoms with Crippen LogP contribution in [0.1, 0.15) is 24.6 Å². The number of carbonyl (C=O) groups excluding carboxylic acids is 1. The molecule has 19 heavy (non-hydrogen) atoms. The zero-order valence-corrected chi connectivity index (χ0v) is 10.8. The fourth-order valence-electron chi connectivity index (χ4n) is 1.42. The van der Waals surface area contributed by atoms with Crippen molar-refractivity contribution in [3.63, 3.8) is 0 Å². The van der Waals surface area contributed by atoms with Crippen molar-refractivity contribution in [1.29, 1.82) is 0 Å². The molecule has 1 aromatic rings. The number of nitrogens with zero attached hydrogens (tertiary/aromatic N) is 1. The van der Waals surface area contributed by atoms with E-state index in [1.54, 1.807) is 6.20 Å². The first-order valence-corrected chi connectivity index (χ1v) is 5.79. The summed E-state index contributed by atoms with van der Waals surface area (Å²) in [6.07, 6.45) is -1.98. The van der Waals surface area contributed by atoms with Gasteiger partial charge < -0.3 is 11.1 Å². The number of nitrogens with two attached hydrogens (primary N) is 1. The van der Waals surface area contributed by atoms with Gasteiger partial charge in [-0.25, -0.2) is 0 Å². The van der Waals surface area contributed by atoms with Gasteiger partial charge in [-0.1, -0.05) is 0 Å². The Kier molecular flexibility index (Phi) is 4.56. The Hall–Kier alpha value is -1.57. The van der Waals surface area contributed by atoms with E-state index in [1.165, 1.54) is 0 Å². The number of amides is 1. The average molecular weight is 278 g/mol. The van der Waals surface area contributed by atoms with E-state index in [1.807, 2.05) is 6.92 Å². The molecule has 0 saturated heterocycles. The number of aromatic amines is 1. The smallest absolute Gasteiger partial charge is 0.354 e. The van der Waals surface area contributed by atoms with E-state index in [2.05, 4.69) is 15.5 Å². The van der Waals surface area contributed by atoms with Gasteiger partial charge in [0, 0.05) is 12.2 Å². The lowest BCUT2D eigenvalue weighted by Gasteiger charge is -2.26. The molecule has 8 heteroatoms. The minimum absolute atomic E-state index is 0.131. The highest BCUT2D eigenvalue weighted by Gasteiger charge is 2.53. The fourth-order valence-corrected chi connectivity index (χ4v) is 1.42. The van der Waals surface area contributed by atoms with Crippen LogP contribution in [0.5, 0.6) is 0 Å². The molecule has 1 heterocycles. The number of nitrogens with one attached hydrogen (secondary N) is 2. The monoisotopic (exact) mass is 278 g/mol. The topological polar surface area (TPSA) is 83.8 Å². The lowest BCUT2D eigenvalue weighted by Crippen LogP contribution is -2.61. The van der Waals surface area contributed by atoms with Crippen molar-refractivity contribution in [3.05, 3.63) is 17.5 Å². The Morgan fingerprint density at radius 1 is 1.53 bits per heavy atom. The number of H-pyrrole nitrogens is 1. The molecule has 0 bridgehead atoms. The summed E-state index contributed by atoms with van der Waals surface area (Å²) in [6, 6.07) is 0. The third kappa shape index (κ3) is 3.69. The Morgan fingerprint density at radius 3 is 2.63 bits per heavy atom. The van der Waals surface area contributed by atoms with Crippen LogP contribution in [0.3, 0.4) is 0 Å². The minimum atomic E-state index is -4.77. The number of halogens is 3. The maximum Gasteiger partial charge on any atom is 0.415 e. The molecule has 1 unspecified atom stereocenters. The van der Waals surface area contributed by atoms with Crippen LogP contribution in [0.2, 0.25) is 0 Å². The molecule has 0 aromatic carbocycles. The number of carbonyl (C=O) groups is 1. The summed E-state index contributed by atoms with van der Waals surface area (Å²) in [5.74, 6) is -1.22. The van der Waals surface area contributed by atoms with Crippen LogP contribution in [0.15, 0.2) is 6.20 Å². The summed E-state index contributed by atoms with van der Waals surface area (Å²) in [5.41, 5.74) is 4.00. The average Bonchev–Trinajstić information content (AvgIpc) is 2.68. The standard InChI is InChI=1S/C11H17F3N4O/c1-7-8(6-17-18-7)4-3-5-16-9(19)10(2,15)11(12,13)14/h6H,3-5,15H2,1-2H3,(H,16,19)(H,17,18). The highest BCUT2D eigenvalue weighted by molar-refractivity contribution is 5.86. The first-order valence-electron chi connectivity index (χ1n) is 5.79. The maximum absolute atomic E-state index is 12.5. The molecule has 1 rings (SSSR count). The third-order valence-electron chi connectivity index (χ3n) is 2.90. The van der Waals surface area contributed by atoms with Gasteiger partial charge in [0.1, 0.15) is 0 Å². The summed E-state index contributed by atoms with van der Waals surface area (Å²) in [7, 11) is 0. The molecule has 0 saturated carbocycles. The van der Waals surface area contributed by atoms with Crippen molar-refractivity contribution in [2.75, 3.05) is 6.54 Å². The number of aryl methyl sites for hydroxylation is 2. The number of rotatable bonds is 5. The molecule has 0 spiro atoms. The van der Waals surface area contributed by atoms with Gasteiger partial charge in [-0.15, -0.1) is 0 Å². The largest absolute Gasteiger partial charge is 0.415 e. The van der Waals surface area contributed by atoms with E-state index in [4.69, 9.17) is 5.73 Å². The van der Waals surface area contributed by atoms with Gasteiger partial charge in [-0.05, 0) is 32.3 Å². The molecule has 0 radical (unpaired) electrons. The van der Waals surface area contributed by atoms with Gasteiger partial charge in [-0.3, -0.25) is 9.89 Å².